The molecule has 152 valence electrons. The summed E-state index contributed by atoms with van der Waals surface area (Å²) in [6, 6.07) is 11.1. The molecule has 0 spiro atoms. The lowest BCUT2D eigenvalue weighted by molar-refractivity contribution is -0.136. The second kappa shape index (κ2) is 7.75. The lowest BCUT2D eigenvalue weighted by atomic mass is 10.0. The van der Waals surface area contributed by atoms with E-state index in [9.17, 15) is 19.8 Å². The number of carbonyl (C=O) groups is 2. The molecule has 2 aromatic heterocycles. The largest absolute Gasteiger partial charge is 0.506 e. The Morgan fingerprint density at radius 1 is 1.13 bits per heavy atom. The summed E-state index contributed by atoms with van der Waals surface area (Å²) in [6.45, 7) is 0.425. The summed E-state index contributed by atoms with van der Waals surface area (Å²) >= 11 is 0. The summed E-state index contributed by atoms with van der Waals surface area (Å²) < 4.78 is 7.42. The third kappa shape index (κ3) is 3.18. The van der Waals surface area contributed by atoms with E-state index in [1.54, 1.807) is 25.4 Å². The summed E-state index contributed by atoms with van der Waals surface area (Å²) in [4.78, 5) is 26.7. The number of nitrogens with one attached hydrogen (secondary N) is 1. The second-order valence-corrected chi connectivity index (χ2v) is 6.78. The predicted octanol–water partition coefficient (Wildman–Crippen LogP) is 3.15. The van der Waals surface area contributed by atoms with Crippen LogP contribution in [-0.4, -0.2) is 39.3 Å². The van der Waals surface area contributed by atoms with Crippen molar-refractivity contribution in [3.63, 3.8) is 0 Å². The summed E-state index contributed by atoms with van der Waals surface area (Å²) in [5.74, 6) is -0.362. The van der Waals surface area contributed by atoms with Gasteiger partial charge in [0.25, 0.3) is 0 Å². The highest BCUT2D eigenvalue weighted by molar-refractivity contribution is 6.18. The molecule has 0 aliphatic carbocycles. The summed E-state index contributed by atoms with van der Waals surface area (Å²) in [5, 5.41) is 23.5. The molecule has 0 bridgehead atoms. The van der Waals surface area contributed by atoms with E-state index in [-0.39, 0.29) is 12.2 Å². The van der Waals surface area contributed by atoms with Crippen LogP contribution in [0.4, 0.5) is 5.69 Å². The molecule has 0 unspecified atom stereocenters. The van der Waals surface area contributed by atoms with E-state index in [0.717, 1.165) is 11.1 Å². The minimum absolute atomic E-state index is 0.0577. The van der Waals surface area contributed by atoms with Crippen molar-refractivity contribution in [3.05, 3.63) is 59.9 Å². The van der Waals surface area contributed by atoms with Gasteiger partial charge >= 0.3 is 5.97 Å². The number of aliphatic carboxylic acids is 1. The Hall–Kier alpha value is -4.07. The highest BCUT2D eigenvalue weighted by Gasteiger charge is 2.21. The normalized spacial score (nSPS) is 11.0. The van der Waals surface area contributed by atoms with Crippen LogP contribution < -0.4 is 10.1 Å². The van der Waals surface area contributed by atoms with Crippen molar-refractivity contribution >= 4 is 39.9 Å². The van der Waals surface area contributed by atoms with Gasteiger partial charge in [0.1, 0.15) is 11.5 Å². The van der Waals surface area contributed by atoms with E-state index >= 15 is 0 Å². The number of carboxylic acids is 1. The summed E-state index contributed by atoms with van der Waals surface area (Å²) in [7, 11) is 1.60. The van der Waals surface area contributed by atoms with E-state index < -0.39 is 5.97 Å². The van der Waals surface area contributed by atoms with Crippen LogP contribution in [0.15, 0.2) is 48.8 Å². The number of pyridine rings is 1. The number of rotatable bonds is 7. The van der Waals surface area contributed by atoms with Gasteiger partial charge in [-0.25, -0.2) is 0 Å². The minimum atomic E-state index is -1.02. The number of amides is 1. The van der Waals surface area contributed by atoms with Crippen LogP contribution in [-0.2, 0) is 22.6 Å². The topological polar surface area (TPSA) is 114 Å². The number of fused-ring (bicyclic) bond motifs is 3. The van der Waals surface area contributed by atoms with Gasteiger partial charge in [0, 0.05) is 10.9 Å². The van der Waals surface area contributed by atoms with Crippen molar-refractivity contribution in [3.8, 4) is 11.5 Å². The third-order valence-electron chi connectivity index (χ3n) is 5.07. The number of methoxy groups -OCH3 is 1. The Morgan fingerprint density at radius 2 is 1.93 bits per heavy atom. The standard InChI is InChI=1S/C22H19N3O5/c1-30-18-5-3-2-4-14(18)11-25-15-7-6-13(8-19(28)29)22(24-12-26)21(15)20-16(25)9-23-10-17(20)27/h2-7,9-10,12,27H,8,11H2,1H3,(H,24,26)(H,28,29). The molecule has 4 rings (SSSR count). The first kappa shape index (κ1) is 19.3. The van der Waals surface area contributed by atoms with Gasteiger partial charge in [0.15, 0.2) is 0 Å². The lowest BCUT2D eigenvalue weighted by Crippen LogP contribution is -2.06. The number of hydrogen-bond acceptors (Lipinski definition) is 5. The first-order valence-corrected chi connectivity index (χ1v) is 9.19. The van der Waals surface area contributed by atoms with Crippen LogP contribution in [0.5, 0.6) is 11.5 Å². The van der Waals surface area contributed by atoms with E-state index in [1.807, 2.05) is 28.8 Å². The predicted molar refractivity (Wildman–Crippen MR) is 112 cm³/mol. The average Bonchev–Trinajstić information content (AvgIpc) is 3.05. The molecule has 3 N–H and O–H groups in total. The van der Waals surface area contributed by atoms with E-state index in [1.165, 1.54) is 6.20 Å². The second-order valence-electron chi connectivity index (χ2n) is 6.78. The Kier molecular flexibility index (Phi) is 4.97. The fourth-order valence-corrected chi connectivity index (χ4v) is 3.85. The fraction of sp³-hybridized carbons (Fsp3) is 0.136. The number of para-hydroxylation sites is 1. The zero-order valence-electron chi connectivity index (χ0n) is 16.1. The fourth-order valence-electron chi connectivity index (χ4n) is 3.85. The molecular formula is C22H19N3O5. The molecule has 0 atom stereocenters. The molecule has 0 fully saturated rings. The molecular weight excluding hydrogens is 386 g/mol. The molecule has 0 aliphatic rings. The number of aromatic hydroxyl groups is 1. The van der Waals surface area contributed by atoms with Crippen molar-refractivity contribution < 1.29 is 24.5 Å². The lowest BCUT2D eigenvalue weighted by Gasteiger charge is -2.13. The highest BCUT2D eigenvalue weighted by Crippen LogP contribution is 2.41. The van der Waals surface area contributed by atoms with Crippen molar-refractivity contribution in [1.82, 2.24) is 9.55 Å². The zero-order valence-corrected chi connectivity index (χ0v) is 16.1. The van der Waals surface area contributed by atoms with Crippen LogP contribution in [0.3, 0.4) is 0 Å². The van der Waals surface area contributed by atoms with Crippen molar-refractivity contribution in [1.29, 1.82) is 0 Å². The number of ether oxygens (including phenoxy) is 1. The number of hydrogen-bond donors (Lipinski definition) is 3. The van der Waals surface area contributed by atoms with Gasteiger partial charge in [-0.15, -0.1) is 0 Å². The molecule has 2 heterocycles. The van der Waals surface area contributed by atoms with Gasteiger partial charge in [-0.05, 0) is 17.7 Å². The number of carboxylic acid groups (broad SMARTS) is 1. The molecule has 2 aromatic carbocycles. The van der Waals surface area contributed by atoms with E-state index in [4.69, 9.17) is 4.74 Å². The molecule has 8 heteroatoms. The molecule has 0 radical (unpaired) electrons. The van der Waals surface area contributed by atoms with Gasteiger partial charge in [-0.2, -0.15) is 0 Å². The van der Waals surface area contributed by atoms with Crippen LogP contribution in [0, 0.1) is 0 Å². The van der Waals surface area contributed by atoms with E-state index in [2.05, 4.69) is 10.3 Å². The smallest absolute Gasteiger partial charge is 0.307 e. The van der Waals surface area contributed by atoms with Gasteiger partial charge in [0.2, 0.25) is 6.41 Å². The van der Waals surface area contributed by atoms with Crippen molar-refractivity contribution in [2.24, 2.45) is 0 Å². The molecule has 30 heavy (non-hydrogen) atoms. The van der Waals surface area contributed by atoms with Gasteiger partial charge < -0.3 is 24.8 Å². The first-order valence-electron chi connectivity index (χ1n) is 9.19. The Balaban J connectivity index is 2.05. The van der Waals surface area contributed by atoms with Crippen LogP contribution in [0.1, 0.15) is 11.1 Å². The molecule has 0 saturated heterocycles. The third-order valence-corrected chi connectivity index (χ3v) is 5.07. The Morgan fingerprint density at radius 3 is 2.67 bits per heavy atom. The average molecular weight is 405 g/mol. The zero-order chi connectivity index (χ0) is 21.3. The Bertz CT molecular complexity index is 1280. The monoisotopic (exact) mass is 405 g/mol. The van der Waals surface area contributed by atoms with Gasteiger partial charge in [-0.3, -0.25) is 14.6 Å². The number of aromatic nitrogens is 2. The highest BCUT2D eigenvalue weighted by atomic mass is 16.5. The molecule has 4 aromatic rings. The molecule has 0 aliphatic heterocycles. The van der Waals surface area contributed by atoms with Crippen LogP contribution in [0.25, 0.3) is 21.8 Å². The summed E-state index contributed by atoms with van der Waals surface area (Å²) in [5.41, 5.74) is 3.08. The van der Waals surface area contributed by atoms with Crippen molar-refractivity contribution in [2.45, 2.75) is 13.0 Å². The maximum atomic E-state index is 11.3. The number of nitrogens with zero attached hydrogens (tertiary/aromatic N) is 2. The minimum Gasteiger partial charge on any atom is -0.506 e. The number of benzene rings is 2. The molecule has 8 nitrogen and oxygen atoms in total. The van der Waals surface area contributed by atoms with Gasteiger partial charge in [-0.1, -0.05) is 24.3 Å². The first-order chi connectivity index (χ1) is 14.5. The quantitative estimate of drug-likeness (QED) is 0.407. The summed E-state index contributed by atoms with van der Waals surface area (Å²) in [6.07, 6.45) is 3.19. The maximum Gasteiger partial charge on any atom is 0.307 e. The van der Waals surface area contributed by atoms with Gasteiger partial charge in [0.05, 0.1) is 54.6 Å². The number of carbonyl (C=O) groups excluding carboxylic acids is 1. The van der Waals surface area contributed by atoms with Crippen LogP contribution in [0.2, 0.25) is 0 Å². The van der Waals surface area contributed by atoms with Crippen molar-refractivity contribution in [2.75, 3.05) is 12.4 Å². The molecule has 1 amide bonds. The maximum absolute atomic E-state index is 11.3. The number of anilines is 1. The van der Waals surface area contributed by atoms with E-state index in [0.29, 0.717) is 46.2 Å². The molecule has 0 saturated carbocycles. The van der Waals surface area contributed by atoms with Crippen LogP contribution >= 0.6 is 0 Å². The Labute approximate surface area is 171 Å². The SMILES string of the molecule is COc1ccccc1Cn1c2cncc(O)c2c2c(NC=O)c(CC(=O)O)ccc21.